The molecule has 7 heteroatoms. The second-order valence-corrected chi connectivity index (χ2v) is 8.08. The highest BCUT2D eigenvalue weighted by atomic mass is 35.5. The predicted octanol–water partition coefficient (Wildman–Crippen LogP) is 6.61. The van der Waals surface area contributed by atoms with Crippen LogP contribution in [0.5, 0.6) is 5.75 Å². The van der Waals surface area contributed by atoms with Gasteiger partial charge in [0.15, 0.2) is 6.61 Å². The molecule has 0 heterocycles. The first-order chi connectivity index (χ1) is 15.4. The summed E-state index contributed by atoms with van der Waals surface area (Å²) in [5, 5.41) is 6.38. The molecule has 5 nitrogen and oxygen atoms in total. The third kappa shape index (κ3) is 7.01. The normalized spacial score (nSPS) is 10.5. The fraction of sp³-hybridized carbons (Fsp3) is 0.200. The van der Waals surface area contributed by atoms with E-state index in [-0.39, 0.29) is 18.4 Å². The van der Waals surface area contributed by atoms with E-state index in [2.05, 4.69) is 17.6 Å². The zero-order valence-electron chi connectivity index (χ0n) is 17.7. The van der Waals surface area contributed by atoms with Crippen LogP contribution in [0, 0.1) is 0 Å². The molecule has 2 amide bonds. The van der Waals surface area contributed by atoms with Gasteiger partial charge in [-0.05, 0) is 73.0 Å². The van der Waals surface area contributed by atoms with Gasteiger partial charge in [-0.2, -0.15) is 0 Å². The van der Waals surface area contributed by atoms with Gasteiger partial charge >= 0.3 is 0 Å². The van der Waals surface area contributed by atoms with Gasteiger partial charge < -0.3 is 15.4 Å². The van der Waals surface area contributed by atoms with E-state index in [4.69, 9.17) is 27.9 Å². The van der Waals surface area contributed by atoms with E-state index in [9.17, 15) is 9.59 Å². The molecule has 3 rings (SSSR count). The molecule has 0 aliphatic heterocycles. The zero-order chi connectivity index (χ0) is 22.9. The Morgan fingerprint density at radius 2 is 1.62 bits per heavy atom. The van der Waals surface area contributed by atoms with E-state index in [0.717, 1.165) is 24.9 Å². The summed E-state index contributed by atoms with van der Waals surface area (Å²) in [4.78, 5) is 24.6. The van der Waals surface area contributed by atoms with Crippen molar-refractivity contribution in [2.75, 3.05) is 17.2 Å². The van der Waals surface area contributed by atoms with Gasteiger partial charge in [0.1, 0.15) is 5.75 Å². The van der Waals surface area contributed by atoms with Crippen molar-refractivity contribution in [3.63, 3.8) is 0 Å². The third-order valence-electron chi connectivity index (χ3n) is 4.72. The Morgan fingerprint density at radius 1 is 0.906 bits per heavy atom. The van der Waals surface area contributed by atoms with Gasteiger partial charge in [0.05, 0.1) is 10.7 Å². The molecular formula is C25H24Cl2N2O3. The van der Waals surface area contributed by atoms with E-state index < -0.39 is 0 Å². The Labute approximate surface area is 197 Å². The van der Waals surface area contributed by atoms with Crippen LogP contribution < -0.4 is 15.4 Å². The van der Waals surface area contributed by atoms with Crippen LogP contribution in [0.25, 0.3) is 0 Å². The van der Waals surface area contributed by atoms with Gasteiger partial charge in [0.25, 0.3) is 11.8 Å². The molecule has 0 unspecified atom stereocenters. The van der Waals surface area contributed by atoms with Crippen molar-refractivity contribution in [2.45, 2.75) is 26.2 Å². The summed E-state index contributed by atoms with van der Waals surface area (Å²) in [6, 6.07) is 19.3. The topological polar surface area (TPSA) is 67.4 Å². The Morgan fingerprint density at radius 3 is 2.31 bits per heavy atom. The predicted molar refractivity (Wildman–Crippen MR) is 130 cm³/mol. The van der Waals surface area contributed by atoms with E-state index >= 15 is 0 Å². The monoisotopic (exact) mass is 470 g/mol. The van der Waals surface area contributed by atoms with Crippen LogP contribution in [0.15, 0.2) is 66.7 Å². The minimum Gasteiger partial charge on any atom is -0.484 e. The lowest BCUT2D eigenvalue weighted by molar-refractivity contribution is -0.118. The van der Waals surface area contributed by atoms with E-state index in [0.29, 0.717) is 27.0 Å². The average Bonchev–Trinajstić information content (AvgIpc) is 2.80. The van der Waals surface area contributed by atoms with Gasteiger partial charge in [-0.3, -0.25) is 9.59 Å². The number of hydrogen-bond acceptors (Lipinski definition) is 3. The first-order valence-corrected chi connectivity index (χ1v) is 11.1. The summed E-state index contributed by atoms with van der Waals surface area (Å²) in [6.45, 7) is 1.95. The summed E-state index contributed by atoms with van der Waals surface area (Å²) in [5.41, 5.74) is 2.90. The van der Waals surface area contributed by atoms with Crippen LogP contribution in [0.3, 0.4) is 0 Å². The van der Waals surface area contributed by atoms with Gasteiger partial charge in [0, 0.05) is 16.3 Å². The lowest BCUT2D eigenvalue weighted by Gasteiger charge is -2.10. The number of benzene rings is 3. The molecule has 166 valence electrons. The quantitative estimate of drug-likeness (QED) is 0.369. The molecule has 32 heavy (non-hydrogen) atoms. The number of amides is 2. The first kappa shape index (κ1) is 23.6. The highest BCUT2D eigenvalue weighted by Gasteiger charge is 2.09. The van der Waals surface area contributed by atoms with E-state index in [1.54, 1.807) is 42.5 Å². The van der Waals surface area contributed by atoms with Gasteiger partial charge in [0.2, 0.25) is 0 Å². The SMILES string of the molecule is CCCCc1ccc(NC(=O)c2ccc(OCC(=O)Nc3cc(Cl)ccc3Cl)cc2)cc1. The molecule has 0 fully saturated rings. The highest BCUT2D eigenvalue weighted by Crippen LogP contribution is 2.25. The second-order valence-electron chi connectivity index (χ2n) is 7.24. The van der Waals surface area contributed by atoms with Crippen molar-refractivity contribution in [3.05, 3.63) is 87.9 Å². The van der Waals surface area contributed by atoms with Gasteiger partial charge in [-0.15, -0.1) is 0 Å². The van der Waals surface area contributed by atoms with Crippen LogP contribution in [-0.4, -0.2) is 18.4 Å². The molecule has 0 atom stereocenters. The lowest BCUT2D eigenvalue weighted by Crippen LogP contribution is -2.20. The van der Waals surface area contributed by atoms with Crippen LogP contribution in [0.1, 0.15) is 35.7 Å². The van der Waals surface area contributed by atoms with Gasteiger partial charge in [-0.1, -0.05) is 48.7 Å². The van der Waals surface area contributed by atoms with Crippen molar-refractivity contribution in [2.24, 2.45) is 0 Å². The first-order valence-electron chi connectivity index (χ1n) is 10.3. The number of halogens is 2. The number of hydrogen-bond donors (Lipinski definition) is 2. The maximum absolute atomic E-state index is 12.5. The summed E-state index contributed by atoms with van der Waals surface area (Å²) < 4.78 is 5.49. The Balaban J connectivity index is 1.50. The number of carbonyl (C=O) groups is 2. The summed E-state index contributed by atoms with van der Waals surface area (Å²) in [5.74, 6) is -0.126. The van der Waals surface area contributed by atoms with Gasteiger partial charge in [-0.25, -0.2) is 0 Å². The molecule has 0 aromatic heterocycles. The fourth-order valence-electron chi connectivity index (χ4n) is 2.97. The highest BCUT2D eigenvalue weighted by molar-refractivity contribution is 6.35. The minimum atomic E-state index is -0.377. The molecule has 3 aromatic rings. The van der Waals surface area contributed by atoms with Crippen molar-refractivity contribution in [1.29, 1.82) is 0 Å². The maximum atomic E-state index is 12.5. The Hall–Kier alpha value is -3.02. The average molecular weight is 471 g/mol. The Kier molecular flexibility index (Phi) is 8.54. The molecule has 3 aromatic carbocycles. The molecular weight excluding hydrogens is 447 g/mol. The maximum Gasteiger partial charge on any atom is 0.262 e. The number of nitrogens with one attached hydrogen (secondary N) is 2. The molecule has 0 aliphatic rings. The third-order valence-corrected chi connectivity index (χ3v) is 5.28. The molecule has 0 bridgehead atoms. The van der Waals surface area contributed by atoms with Crippen molar-refractivity contribution in [3.8, 4) is 5.75 Å². The van der Waals surface area contributed by atoms with E-state index in [1.165, 1.54) is 5.56 Å². The fourth-order valence-corrected chi connectivity index (χ4v) is 3.31. The zero-order valence-corrected chi connectivity index (χ0v) is 19.2. The molecule has 0 saturated heterocycles. The number of unbranched alkanes of at least 4 members (excludes halogenated alkanes) is 1. The number of aryl methyl sites for hydroxylation is 1. The molecule has 0 spiro atoms. The molecule has 0 radical (unpaired) electrons. The van der Waals surface area contributed by atoms with Crippen LogP contribution in [-0.2, 0) is 11.2 Å². The van der Waals surface area contributed by atoms with Crippen molar-refractivity contribution >= 4 is 46.4 Å². The minimum absolute atomic E-state index is 0.210. The second kappa shape index (κ2) is 11.6. The Bertz CT molecular complexity index is 1070. The van der Waals surface area contributed by atoms with Crippen LogP contribution in [0.2, 0.25) is 10.0 Å². The standard InChI is InChI=1S/C25H24Cl2N2O3/c1-2-3-4-17-5-10-20(11-6-17)28-25(31)18-7-12-21(13-8-18)32-16-24(30)29-23-15-19(26)9-14-22(23)27/h5-15H,2-4,16H2,1H3,(H,28,31)(H,29,30). The molecule has 0 aliphatic carbocycles. The lowest BCUT2D eigenvalue weighted by atomic mass is 10.1. The molecule has 0 saturated carbocycles. The smallest absolute Gasteiger partial charge is 0.262 e. The number of carbonyl (C=O) groups excluding carboxylic acids is 2. The van der Waals surface area contributed by atoms with Crippen molar-refractivity contribution < 1.29 is 14.3 Å². The summed E-state index contributed by atoms with van der Waals surface area (Å²) >= 11 is 12.0. The van der Waals surface area contributed by atoms with Crippen LogP contribution in [0.4, 0.5) is 11.4 Å². The molecule has 2 N–H and O–H groups in total. The van der Waals surface area contributed by atoms with E-state index in [1.807, 2.05) is 24.3 Å². The summed E-state index contributed by atoms with van der Waals surface area (Å²) in [7, 11) is 0. The number of ether oxygens (including phenoxy) is 1. The summed E-state index contributed by atoms with van der Waals surface area (Å²) in [6.07, 6.45) is 3.34. The van der Waals surface area contributed by atoms with Crippen LogP contribution >= 0.6 is 23.2 Å². The largest absolute Gasteiger partial charge is 0.484 e. The number of rotatable bonds is 9. The number of anilines is 2. The van der Waals surface area contributed by atoms with Crippen molar-refractivity contribution in [1.82, 2.24) is 0 Å².